The van der Waals surface area contributed by atoms with Crippen molar-refractivity contribution in [1.29, 1.82) is 0 Å². The predicted octanol–water partition coefficient (Wildman–Crippen LogP) is 5.06. The van der Waals surface area contributed by atoms with Gasteiger partial charge in [-0.15, -0.1) is 0 Å². The topological polar surface area (TPSA) is 55.8 Å². The average Bonchev–Trinajstić information content (AvgIpc) is 2.38. The van der Waals surface area contributed by atoms with Gasteiger partial charge < -0.3 is 4.89 Å². The summed E-state index contributed by atoms with van der Waals surface area (Å²) in [6.07, 6.45) is 10.9. The van der Waals surface area contributed by atoms with Crippen molar-refractivity contribution in [2.45, 2.75) is 78.1 Å². The molecule has 0 aromatic rings. The number of hydrogen-bond acceptors (Lipinski definition) is 3. The maximum atomic E-state index is 11.5. The number of phosphoric acid groups is 1. The smallest absolute Gasteiger partial charge is 0.302 e. The second-order valence-corrected chi connectivity index (χ2v) is 6.42. The van der Waals surface area contributed by atoms with Crippen molar-refractivity contribution >= 4 is 7.82 Å². The van der Waals surface area contributed by atoms with Gasteiger partial charge in [-0.05, 0) is 12.8 Å². The largest absolute Gasteiger partial charge is 0.472 e. The van der Waals surface area contributed by atoms with E-state index in [9.17, 15) is 9.46 Å². The van der Waals surface area contributed by atoms with Crippen molar-refractivity contribution in [3.05, 3.63) is 0 Å². The summed E-state index contributed by atoms with van der Waals surface area (Å²) in [7, 11) is -3.80. The average molecular weight is 350 g/mol. The molecule has 0 aliphatic rings. The molecule has 0 aliphatic heterocycles. The molecule has 0 radical (unpaired) electrons. The van der Waals surface area contributed by atoms with E-state index in [1.807, 2.05) is 0 Å². The normalized spacial score (nSPS) is 11.3. The van der Waals surface area contributed by atoms with E-state index in [2.05, 4.69) is 13.8 Å². The molecule has 0 aromatic heterocycles. The minimum Gasteiger partial charge on any atom is -0.302 e. The maximum absolute atomic E-state index is 11.5. The third-order valence-corrected chi connectivity index (χ3v) is 4.02. The van der Waals surface area contributed by atoms with Gasteiger partial charge in [0.05, 0.1) is 13.2 Å². The monoisotopic (exact) mass is 350 g/mol. The molecule has 0 bridgehead atoms. The molecule has 0 unspecified atom stereocenters. The molecule has 6 heteroatoms. The van der Waals surface area contributed by atoms with Crippen LogP contribution in [-0.2, 0) is 30.7 Å². The van der Waals surface area contributed by atoms with Gasteiger partial charge >= 0.3 is 7.82 Å². The van der Waals surface area contributed by atoms with Crippen molar-refractivity contribution in [1.82, 2.24) is 0 Å². The van der Waals surface area contributed by atoms with Gasteiger partial charge in [0, 0.05) is 17.1 Å². The molecular formula is C14H31FeO4P. The summed E-state index contributed by atoms with van der Waals surface area (Å²) in [5.41, 5.74) is 0. The van der Waals surface area contributed by atoms with Crippen LogP contribution in [0, 0.1) is 0 Å². The quantitative estimate of drug-likeness (QED) is 0.270. The summed E-state index contributed by atoms with van der Waals surface area (Å²) in [5.74, 6) is 0. The van der Waals surface area contributed by atoms with E-state index in [4.69, 9.17) is 9.05 Å². The van der Waals surface area contributed by atoms with Crippen LogP contribution in [0.15, 0.2) is 0 Å². The van der Waals surface area contributed by atoms with Crippen molar-refractivity contribution < 1.29 is 35.6 Å². The Hall–Kier alpha value is 0.629. The van der Waals surface area contributed by atoms with Crippen LogP contribution >= 0.6 is 7.82 Å². The Morgan fingerprint density at radius 3 is 1.45 bits per heavy atom. The molecule has 0 aliphatic carbocycles. The fraction of sp³-hybridized carbons (Fsp3) is 1.00. The summed E-state index contributed by atoms with van der Waals surface area (Å²) in [5, 5.41) is 0. The Morgan fingerprint density at radius 2 is 1.10 bits per heavy atom. The van der Waals surface area contributed by atoms with E-state index in [1.54, 1.807) is 0 Å². The molecule has 0 amide bonds. The van der Waals surface area contributed by atoms with Crippen LogP contribution < -0.4 is 0 Å². The standard InChI is InChI=1S/C14H31O4P.Fe/c1-3-5-7-9-11-13-17-19(15,16)18-14-12-10-8-6-4-2;/h3-14H2,1-2H3,(H,15,16);. The number of unbranched alkanes of at least 4 members (excludes halogenated alkanes) is 8. The molecule has 0 heterocycles. The minimum absolute atomic E-state index is 0. The van der Waals surface area contributed by atoms with Crippen LogP contribution in [0.5, 0.6) is 0 Å². The van der Waals surface area contributed by atoms with E-state index in [0.717, 1.165) is 38.5 Å². The van der Waals surface area contributed by atoms with Gasteiger partial charge in [0.25, 0.3) is 0 Å². The van der Waals surface area contributed by atoms with Gasteiger partial charge in [-0.1, -0.05) is 65.2 Å². The summed E-state index contributed by atoms with van der Waals surface area (Å²) >= 11 is 0. The van der Waals surface area contributed by atoms with E-state index in [1.165, 1.54) is 25.7 Å². The molecule has 124 valence electrons. The first kappa shape index (κ1) is 22.9. The molecular weight excluding hydrogens is 319 g/mol. The second-order valence-electron chi connectivity index (χ2n) is 4.96. The SMILES string of the molecule is CCCCCCCOP(=O)(O)OCCCCCCC.[Fe]. The van der Waals surface area contributed by atoms with E-state index >= 15 is 0 Å². The Kier molecular flexibility index (Phi) is 18.3. The number of hydrogen-bond donors (Lipinski definition) is 1. The number of phosphoric ester groups is 1. The van der Waals surface area contributed by atoms with Crippen LogP contribution in [0.4, 0.5) is 0 Å². The molecule has 0 spiro atoms. The van der Waals surface area contributed by atoms with Crippen molar-refractivity contribution in [3.63, 3.8) is 0 Å². The summed E-state index contributed by atoms with van der Waals surface area (Å²) in [6, 6.07) is 0. The van der Waals surface area contributed by atoms with E-state index in [0.29, 0.717) is 13.2 Å². The van der Waals surface area contributed by atoms with Crippen LogP contribution in [0.25, 0.3) is 0 Å². The third-order valence-electron chi connectivity index (χ3n) is 3.00. The molecule has 0 fully saturated rings. The molecule has 1 N–H and O–H groups in total. The summed E-state index contributed by atoms with van der Waals surface area (Å²) < 4.78 is 21.4. The van der Waals surface area contributed by atoms with Gasteiger partial charge in [0.1, 0.15) is 0 Å². The van der Waals surface area contributed by atoms with Crippen LogP contribution in [0.1, 0.15) is 78.1 Å². The zero-order valence-electron chi connectivity index (χ0n) is 13.0. The first-order chi connectivity index (χ1) is 9.12. The third kappa shape index (κ3) is 16.7. The van der Waals surface area contributed by atoms with Crippen LogP contribution in [0.2, 0.25) is 0 Å². The van der Waals surface area contributed by atoms with Crippen LogP contribution in [-0.4, -0.2) is 18.1 Å². The molecule has 20 heavy (non-hydrogen) atoms. The zero-order valence-corrected chi connectivity index (χ0v) is 15.0. The summed E-state index contributed by atoms with van der Waals surface area (Å²) in [6.45, 7) is 4.94. The van der Waals surface area contributed by atoms with E-state index < -0.39 is 7.82 Å². The predicted molar refractivity (Wildman–Crippen MR) is 79.2 cm³/mol. The van der Waals surface area contributed by atoms with Gasteiger partial charge in [-0.25, -0.2) is 4.57 Å². The van der Waals surface area contributed by atoms with Gasteiger partial charge in [-0.3, -0.25) is 9.05 Å². The van der Waals surface area contributed by atoms with Gasteiger partial charge in [0.2, 0.25) is 0 Å². The van der Waals surface area contributed by atoms with Gasteiger partial charge in [-0.2, -0.15) is 0 Å². The fourth-order valence-electron chi connectivity index (χ4n) is 1.81. The Morgan fingerprint density at radius 1 is 0.750 bits per heavy atom. The van der Waals surface area contributed by atoms with Crippen molar-refractivity contribution in [3.8, 4) is 0 Å². The molecule has 4 nitrogen and oxygen atoms in total. The number of rotatable bonds is 14. The molecule has 0 saturated carbocycles. The minimum atomic E-state index is -3.80. The van der Waals surface area contributed by atoms with Crippen LogP contribution in [0.3, 0.4) is 0 Å². The van der Waals surface area contributed by atoms with E-state index in [-0.39, 0.29) is 17.1 Å². The first-order valence-corrected chi connectivity index (χ1v) is 9.23. The molecule has 0 saturated heterocycles. The Bertz CT molecular complexity index is 219. The fourth-order valence-corrected chi connectivity index (χ4v) is 2.60. The molecule has 0 atom stereocenters. The summed E-state index contributed by atoms with van der Waals surface area (Å²) in [4.78, 5) is 9.43. The molecule has 0 aromatic carbocycles. The van der Waals surface area contributed by atoms with Gasteiger partial charge in [0.15, 0.2) is 0 Å². The van der Waals surface area contributed by atoms with Crippen molar-refractivity contribution in [2.75, 3.05) is 13.2 Å². The first-order valence-electron chi connectivity index (χ1n) is 7.74. The second kappa shape index (κ2) is 16.0. The maximum Gasteiger partial charge on any atom is 0.472 e. The Balaban J connectivity index is 0. The zero-order chi connectivity index (χ0) is 14.4. The Labute approximate surface area is 135 Å². The van der Waals surface area contributed by atoms with Crippen molar-refractivity contribution in [2.24, 2.45) is 0 Å². The molecule has 0 rings (SSSR count).